The molecule has 0 saturated carbocycles. The molecule has 0 atom stereocenters. The van der Waals surface area contributed by atoms with E-state index in [0.717, 1.165) is 0 Å². The maximum absolute atomic E-state index is 12.8. The first-order chi connectivity index (χ1) is 8.63. The molecule has 90 valence electrons. The molecule has 0 fully saturated rings. The Bertz CT molecular complexity index is 829. The van der Waals surface area contributed by atoms with E-state index in [0.29, 0.717) is 11.4 Å². The number of hydrogen-bond donors (Lipinski definition) is 3. The average molecular weight is 246 g/mol. The van der Waals surface area contributed by atoms with Crippen molar-refractivity contribution in [2.75, 3.05) is 0 Å². The van der Waals surface area contributed by atoms with Crippen LogP contribution in [0.2, 0.25) is 0 Å². The minimum Gasteiger partial charge on any atom is -0.332 e. The lowest BCUT2D eigenvalue weighted by Gasteiger charge is -1.94. The number of fused-ring (bicyclic) bond motifs is 1. The molecule has 3 rings (SSSR count). The van der Waals surface area contributed by atoms with E-state index in [1.165, 1.54) is 24.3 Å². The van der Waals surface area contributed by atoms with E-state index in [2.05, 4.69) is 19.9 Å². The van der Waals surface area contributed by atoms with Crippen molar-refractivity contribution in [2.45, 2.75) is 0 Å². The normalized spacial score (nSPS) is 10.9. The Labute approximate surface area is 98.5 Å². The topological polar surface area (TPSA) is 94.4 Å². The number of aromatic nitrogens is 4. The maximum atomic E-state index is 12.8. The molecule has 3 aromatic rings. The summed E-state index contributed by atoms with van der Waals surface area (Å²) in [6.45, 7) is 0. The van der Waals surface area contributed by atoms with Crippen LogP contribution in [-0.2, 0) is 0 Å². The van der Waals surface area contributed by atoms with Gasteiger partial charge in [0, 0.05) is 5.56 Å². The molecule has 18 heavy (non-hydrogen) atoms. The van der Waals surface area contributed by atoms with Crippen LogP contribution in [0.3, 0.4) is 0 Å². The van der Waals surface area contributed by atoms with Gasteiger partial charge in [-0.1, -0.05) is 0 Å². The van der Waals surface area contributed by atoms with Crippen LogP contribution < -0.4 is 11.2 Å². The van der Waals surface area contributed by atoms with Crippen LogP contribution >= 0.6 is 0 Å². The van der Waals surface area contributed by atoms with Crippen molar-refractivity contribution in [1.82, 2.24) is 19.9 Å². The molecule has 0 saturated heterocycles. The summed E-state index contributed by atoms with van der Waals surface area (Å²) in [5.41, 5.74) is -0.205. The van der Waals surface area contributed by atoms with E-state index in [1.807, 2.05) is 0 Å². The summed E-state index contributed by atoms with van der Waals surface area (Å²) >= 11 is 0. The molecular formula is C11H7FN4O2. The third-order valence-corrected chi connectivity index (χ3v) is 2.51. The molecule has 0 aliphatic carbocycles. The Morgan fingerprint density at radius 3 is 2.44 bits per heavy atom. The summed E-state index contributed by atoms with van der Waals surface area (Å²) in [4.78, 5) is 33.9. The first kappa shape index (κ1) is 10.5. The van der Waals surface area contributed by atoms with Crippen molar-refractivity contribution in [3.63, 3.8) is 0 Å². The Morgan fingerprint density at radius 1 is 1.00 bits per heavy atom. The van der Waals surface area contributed by atoms with Gasteiger partial charge in [-0.25, -0.2) is 14.2 Å². The zero-order valence-corrected chi connectivity index (χ0v) is 8.95. The second-order valence-corrected chi connectivity index (χ2v) is 3.72. The van der Waals surface area contributed by atoms with Gasteiger partial charge in [-0.15, -0.1) is 0 Å². The summed E-state index contributed by atoms with van der Waals surface area (Å²) in [6.07, 6.45) is 0. The Balaban J connectivity index is 2.25. The van der Waals surface area contributed by atoms with Gasteiger partial charge < -0.3 is 4.98 Å². The molecule has 6 nitrogen and oxygen atoms in total. The van der Waals surface area contributed by atoms with Crippen LogP contribution in [-0.4, -0.2) is 19.9 Å². The van der Waals surface area contributed by atoms with Gasteiger partial charge in [-0.05, 0) is 24.3 Å². The Morgan fingerprint density at radius 2 is 1.72 bits per heavy atom. The van der Waals surface area contributed by atoms with Crippen LogP contribution in [0.15, 0.2) is 33.9 Å². The number of halogens is 1. The van der Waals surface area contributed by atoms with Gasteiger partial charge >= 0.3 is 5.69 Å². The number of aromatic amines is 3. The molecule has 0 amide bonds. The van der Waals surface area contributed by atoms with Gasteiger partial charge in [0.1, 0.15) is 17.2 Å². The lowest BCUT2D eigenvalue weighted by Crippen LogP contribution is -2.21. The van der Waals surface area contributed by atoms with Crippen LogP contribution in [0, 0.1) is 5.82 Å². The number of benzene rings is 1. The highest BCUT2D eigenvalue weighted by Crippen LogP contribution is 2.17. The highest BCUT2D eigenvalue weighted by atomic mass is 19.1. The SMILES string of the molecule is O=c1[nH]c(=O)c2[nH]c(-c3ccc(F)cc3)nc2[nH]1. The minimum atomic E-state index is -0.621. The van der Waals surface area contributed by atoms with E-state index < -0.39 is 11.2 Å². The zero-order valence-electron chi connectivity index (χ0n) is 8.95. The molecule has 2 heterocycles. The smallest absolute Gasteiger partial charge is 0.327 e. The average Bonchev–Trinajstić information content (AvgIpc) is 2.74. The summed E-state index contributed by atoms with van der Waals surface area (Å²) in [5.74, 6) is 0.0264. The molecule has 0 unspecified atom stereocenters. The second kappa shape index (κ2) is 3.66. The van der Waals surface area contributed by atoms with E-state index in [-0.39, 0.29) is 17.0 Å². The Hall–Kier alpha value is -2.70. The molecular weight excluding hydrogens is 239 g/mol. The van der Waals surface area contributed by atoms with Crippen LogP contribution in [0.1, 0.15) is 0 Å². The number of nitrogens with one attached hydrogen (secondary N) is 3. The predicted octanol–water partition coefficient (Wildman–Crippen LogP) is 0.746. The number of imidazole rings is 1. The first-order valence-electron chi connectivity index (χ1n) is 5.12. The number of H-pyrrole nitrogens is 3. The van der Waals surface area contributed by atoms with Crippen LogP contribution in [0.5, 0.6) is 0 Å². The predicted molar refractivity (Wildman–Crippen MR) is 62.7 cm³/mol. The zero-order chi connectivity index (χ0) is 12.7. The van der Waals surface area contributed by atoms with Crippen LogP contribution in [0.4, 0.5) is 4.39 Å². The molecule has 0 aliphatic rings. The van der Waals surface area contributed by atoms with Gasteiger partial charge in [0.25, 0.3) is 5.56 Å². The van der Waals surface area contributed by atoms with Crippen LogP contribution in [0.25, 0.3) is 22.6 Å². The standard InChI is InChI=1S/C11H7FN4O2/c12-6-3-1-5(2-4-6)8-13-7-9(14-8)15-11(18)16-10(7)17/h1-4H,(H3,13,14,15,16,17,18). The Kier molecular flexibility index (Phi) is 2.12. The number of nitrogens with zero attached hydrogens (tertiary/aromatic N) is 1. The fourth-order valence-electron chi connectivity index (χ4n) is 1.68. The largest absolute Gasteiger partial charge is 0.332 e. The van der Waals surface area contributed by atoms with Crippen molar-refractivity contribution in [1.29, 1.82) is 0 Å². The molecule has 1 aromatic carbocycles. The monoisotopic (exact) mass is 246 g/mol. The van der Waals surface area contributed by atoms with Crippen molar-refractivity contribution < 1.29 is 4.39 Å². The first-order valence-corrected chi connectivity index (χ1v) is 5.12. The second-order valence-electron chi connectivity index (χ2n) is 3.72. The van der Waals surface area contributed by atoms with E-state index in [4.69, 9.17) is 0 Å². The van der Waals surface area contributed by atoms with Crippen molar-refractivity contribution in [3.8, 4) is 11.4 Å². The molecule has 2 aromatic heterocycles. The van der Waals surface area contributed by atoms with Gasteiger partial charge in [0.2, 0.25) is 0 Å². The van der Waals surface area contributed by atoms with E-state index in [1.54, 1.807) is 0 Å². The fraction of sp³-hybridized carbons (Fsp3) is 0. The molecule has 0 radical (unpaired) electrons. The molecule has 0 bridgehead atoms. The molecule has 7 heteroatoms. The van der Waals surface area contributed by atoms with Crippen molar-refractivity contribution in [3.05, 3.63) is 50.9 Å². The highest BCUT2D eigenvalue weighted by molar-refractivity contribution is 5.74. The summed E-state index contributed by atoms with van der Waals surface area (Å²) < 4.78 is 12.8. The lowest BCUT2D eigenvalue weighted by molar-refractivity contribution is 0.628. The van der Waals surface area contributed by atoms with E-state index in [9.17, 15) is 14.0 Å². The summed E-state index contributed by atoms with van der Waals surface area (Å²) in [6, 6.07) is 5.63. The molecule has 3 N–H and O–H groups in total. The molecule has 0 spiro atoms. The highest BCUT2D eigenvalue weighted by Gasteiger charge is 2.09. The van der Waals surface area contributed by atoms with Gasteiger partial charge in [-0.2, -0.15) is 0 Å². The summed E-state index contributed by atoms with van der Waals surface area (Å²) in [7, 11) is 0. The van der Waals surface area contributed by atoms with Gasteiger partial charge in [-0.3, -0.25) is 14.8 Å². The van der Waals surface area contributed by atoms with E-state index >= 15 is 0 Å². The number of hydrogen-bond acceptors (Lipinski definition) is 3. The molecule has 0 aliphatic heterocycles. The fourth-order valence-corrected chi connectivity index (χ4v) is 1.68. The minimum absolute atomic E-state index is 0.170. The summed E-state index contributed by atoms with van der Waals surface area (Å²) in [5, 5.41) is 0. The van der Waals surface area contributed by atoms with Gasteiger partial charge in [0.15, 0.2) is 5.65 Å². The van der Waals surface area contributed by atoms with Crippen molar-refractivity contribution in [2.24, 2.45) is 0 Å². The van der Waals surface area contributed by atoms with Crippen molar-refractivity contribution >= 4 is 11.2 Å². The quantitative estimate of drug-likeness (QED) is 0.591. The van der Waals surface area contributed by atoms with Gasteiger partial charge in [0.05, 0.1) is 0 Å². The lowest BCUT2D eigenvalue weighted by atomic mass is 10.2. The third kappa shape index (κ3) is 1.61. The third-order valence-electron chi connectivity index (χ3n) is 2.51. The number of rotatable bonds is 1. The maximum Gasteiger partial charge on any atom is 0.327 e.